The van der Waals surface area contributed by atoms with Crippen molar-refractivity contribution >= 4 is 28.7 Å². The normalized spacial score (nSPS) is 11.4. The van der Waals surface area contributed by atoms with Gasteiger partial charge in [-0.2, -0.15) is 11.3 Å². The first-order valence-electron chi connectivity index (χ1n) is 5.88. The summed E-state index contributed by atoms with van der Waals surface area (Å²) in [5, 5.41) is 26.4. The lowest BCUT2D eigenvalue weighted by Gasteiger charge is -2.18. The Morgan fingerprint density at radius 2 is 2.33 bits per heavy atom. The van der Waals surface area contributed by atoms with Gasteiger partial charge < -0.3 is 15.8 Å². The number of hydrogen-bond acceptors (Lipinski definition) is 7. The van der Waals surface area contributed by atoms with E-state index in [-0.39, 0.29) is 11.4 Å². The molecule has 2 rings (SSSR count). The number of aromatic nitrogens is 1. The molecule has 2 heterocycles. The summed E-state index contributed by atoms with van der Waals surface area (Å²) in [5.41, 5.74) is 6.10. The van der Waals surface area contributed by atoms with Crippen molar-refractivity contribution in [3.63, 3.8) is 0 Å². The largest absolute Gasteiger partial charge is 0.409 e. The second-order valence-electron chi connectivity index (χ2n) is 4.27. The number of nitrogens with two attached hydrogens (primary N) is 1. The summed E-state index contributed by atoms with van der Waals surface area (Å²) >= 11 is 1.59. The van der Waals surface area contributed by atoms with Gasteiger partial charge in [0.2, 0.25) is 0 Å². The zero-order chi connectivity index (χ0) is 15.4. The van der Waals surface area contributed by atoms with Crippen LogP contribution in [0.5, 0.6) is 0 Å². The van der Waals surface area contributed by atoms with Gasteiger partial charge in [-0.25, -0.2) is 4.98 Å². The SMILES string of the molecule is CN(Cc1ccsc1)c1ccc([N+](=O)[O-])c(/C(N)=N/O)n1. The summed E-state index contributed by atoms with van der Waals surface area (Å²) in [4.78, 5) is 16.3. The third-order valence-electron chi connectivity index (χ3n) is 2.80. The number of nitro groups is 1. The minimum absolute atomic E-state index is 0.155. The molecule has 0 aliphatic carbocycles. The molecule has 0 saturated heterocycles. The van der Waals surface area contributed by atoms with Crippen molar-refractivity contribution in [1.82, 2.24) is 4.98 Å². The molecular weight excluding hydrogens is 294 g/mol. The maximum Gasteiger partial charge on any atom is 0.298 e. The highest BCUT2D eigenvalue weighted by atomic mass is 32.1. The summed E-state index contributed by atoms with van der Waals surface area (Å²) in [6.45, 7) is 0.601. The lowest BCUT2D eigenvalue weighted by atomic mass is 10.2. The number of hydrogen-bond donors (Lipinski definition) is 2. The Balaban J connectivity index is 2.35. The highest BCUT2D eigenvalue weighted by molar-refractivity contribution is 7.07. The van der Waals surface area contributed by atoms with E-state index in [9.17, 15) is 10.1 Å². The van der Waals surface area contributed by atoms with Gasteiger partial charge in [0.05, 0.1) is 4.92 Å². The highest BCUT2D eigenvalue weighted by Gasteiger charge is 2.20. The Bertz CT molecular complexity index is 672. The van der Waals surface area contributed by atoms with Crippen LogP contribution in [-0.4, -0.2) is 28.0 Å². The fourth-order valence-corrected chi connectivity index (χ4v) is 2.43. The van der Waals surface area contributed by atoms with E-state index in [1.807, 2.05) is 28.8 Å². The lowest BCUT2D eigenvalue weighted by molar-refractivity contribution is -0.385. The molecule has 3 N–H and O–H groups in total. The average molecular weight is 307 g/mol. The molecule has 0 radical (unpaired) electrons. The van der Waals surface area contributed by atoms with Gasteiger partial charge in [0, 0.05) is 19.7 Å². The van der Waals surface area contributed by atoms with Gasteiger partial charge in [0.1, 0.15) is 5.82 Å². The molecule has 0 aliphatic heterocycles. The van der Waals surface area contributed by atoms with Crippen LogP contribution in [0.25, 0.3) is 0 Å². The van der Waals surface area contributed by atoms with Crippen molar-refractivity contribution in [2.75, 3.05) is 11.9 Å². The van der Waals surface area contributed by atoms with Crippen LogP contribution in [0.4, 0.5) is 11.5 Å². The van der Waals surface area contributed by atoms with Crippen LogP contribution in [0.1, 0.15) is 11.3 Å². The Morgan fingerprint density at radius 3 is 2.90 bits per heavy atom. The second kappa shape index (κ2) is 6.18. The van der Waals surface area contributed by atoms with Crippen molar-refractivity contribution in [2.24, 2.45) is 10.9 Å². The van der Waals surface area contributed by atoms with Crippen molar-refractivity contribution in [2.45, 2.75) is 6.54 Å². The summed E-state index contributed by atoms with van der Waals surface area (Å²) in [7, 11) is 1.81. The summed E-state index contributed by atoms with van der Waals surface area (Å²) in [6, 6.07) is 4.80. The molecule has 0 atom stereocenters. The number of anilines is 1. The standard InChI is InChI=1S/C12H13N5O3S/c1-16(6-8-4-5-21-7-8)10-3-2-9(17(19)20)11(14-10)12(13)15-18/h2-5,7,18H,6H2,1H3,(H2,13,15). The van der Waals surface area contributed by atoms with E-state index in [2.05, 4.69) is 10.1 Å². The zero-order valence-corrected chi connectivity index (χ0v) is 11.9. The van der Waals surface area contributed by atoms with Crippen LogP contribution in [0, 0.1) is 10.1 Å². The first-order valence-corrected chi connectivity index (χ1v) is 6.82. The molecule has 0 saturated carbocycles. The molecule has 2 aromatic heterocycles. The maximum atomic E-state index is 10.9. The van der Waals surface area contributed by atoms with Gasteiger partial charge in [-0.05, 0) is 28.5 Å². The molecular formula is C12H13N5O3S. The summed E-state index contributed by atoms with van der Waals surface area (Å²) in [6.07, 6.45) is 0. The van der Waals surface area contributed by atoms with Gasteiger partial charge in [-0.3, -0.25) is 10.1 Å². The average Bonchev–Trinajstić information content (AvgIpc) is 2.98. The minimum atomic E-state index is -0.622. The minimum Gasteiger partial charge on any atom is -0.409 e. The van der Waals surface area contributed by atoms with Crippen LogP contribution in [-0.2, 0) is 6.54 Å². The fraction of sp³-hybridized carbons (Fsp3) is 0.167. The predicted octanol–water partition coefficient (Wildman–Crippen LogP) is 1.78. The van der Waals surface area contributed by atoms with Crippen LogP contribution < -0.4 is 10.6 Å². The smallest absolute Gasteiger partial charge is 0.298 e. The van der Waals surface area contributed by atoms with Crippen LogP contribution in [0.3, 0.4) is 0 Å². The van der Waals surface area contributed by atoms with E-state index in [0.717, 1.165) is 5.56 Å². The van der Waals surface area contributed by atoms with E-state index in [4.69, 9.17) is 10.9 Å². The lowest BCUT2D eigenvalue weighted by Crippen LogP contribution is -2.22. The monoisotopic (exact) mass is 307 g/mol. The Hall–Kier alpha value is -2.68. The first kappa shape index (κ1) is 14.7. The van der Waals surface area contributed by atoms with Crippen molar-refractivity contribution < 1.29 is 10.1 Å². The topological polar surface area (TPSA) is 118 Å². The Morgan fingerprint density at radius 1 is 1.57 bits per heavy atom. The molecule has 0 aromatic carbocycles. The Kier molecular flexibility index (Phi) is 4.33. The molecule has 0 aliphatic rings. The quantitative estimate of drug-likeness (QED) is 0.286. The second-order valence-corrected chi connectivity index (χ2v) is 5.05. The molecule has 21 heavy (non-hydrogen) atoms. The molecule has 0 bridgehead atoms. The van der Waals surface area contributed by atoms with Gasteiger partial charge in [-0.1, -0.05) is 5.16 Å². The highest BCUT2D eigenvalue weighted by Crippen LogP contribution is 2.22. The molecule has 0 unspecified atom stereocenters. The molecule has 110 valence electrons. The number of oxime groups is 1. The van der Waals surface area contributed by atoms with Crippen molar-refractivity contribution in [3.8, 4) is 0 Å². The van der Waals surface area contributed by atoms with Gasteiger partial charge in [-0.15, -0.1) is 0 Å². The van der Waals surface area contributed by atoms with Gasteiger partial charge in [0.15, 0.2) is 11.5 Å². The molecule has 0 spiro atoms. The zero-order valence-electron chi connectivity index (χ0n) is 11.1. The molecule has 2 aromatic rings. The number of thiophene rings is 1. The van der Waals surface area contributed by atoms with Gasteiger partial charge >= 0.3 is 0 Å². The van der Waals surface area contributed by atoms with Crippen LogP contribution in [0.15, 0.2) is 34.1 Å². The number of amidine groups is 1. The predicted molar refractivity (Wildman–Crippen MR) is 79.8 cm³/mol. The van der Waals surface area contributed by atoms with E-state index in [1.54, 1.807) is 11.3 Å². The van der Waals surface area contributed by atoms with Crippen molar-refractivity contribution in [3.05, 3.63) is 50.3 Å². The summed E-state index contributed by atoms with van der Waals surface area (Å²) < 4.78 is 0. The molecule has 0 amide bonds. The molecule has 9 heteroatoms. The molecule has 8 nitrogen and oxygen atoms in total. The van der Waals surface area contributed by atoms with Crippen molar-refractivity contribution in [1.29, 1.82) is 0 Å². The third-order valence-corrected chi connectivity index (χ3v) is 3.53. The van der Waals surface area contributed by atoms with Crippen LogP contribution >= 0.6 is 11.3 Å². The fourth-order valence-electron chi connectivity index (χ4n) is 1.77. The Labute approximate surface area is 124 Å². The summed E-state index contributed by atoms with van der Waals surface area (Å²) in [5.74, 6) is 0.0980. The number of pyridine rings is 1. The van der Waals surface area contributed by atoms with Gasteiger partial charge in [0.25, 0.3) is 5.69 Å². The first-order chi connectivity index (χ1) is 10.0. The van der Waals surface area contributed by atoms with E-state index < -0.39 is 10.8 Å². The molecule has 0 fully saturated rings. The van der Waals surface area contributed by atoms with E-state index in [1.165, 1.54) is 12.1 Å². The van der Waals surface area contributed by atoms with Crippen LogP contribution in [0.2, 0.25) is 0 Å². The number of rotatable bonds is 5. The van der Waals surface area contributed by atoms with E-state index in [0.29, 0.717) is 12.4 Å². The van der Waals surface area contributed by atoms with E-state index >= 15 is 0 Å². The number of nitrogens with zero attached hydrogens (tertiary/aromatic N) is 4. The maximum absolute atomic E-state index is 10.9. The third kappa shape index (κ3) is 3.26.